The van der Waals surface area contributed by atoms with Crippen LogP contribution in [0, 0.1) is 0 Å². The Hall–Kier alpha value is -3.68. The molecule has 1 saturated carbocycles. The number of anilines is 1. The van der Waals surface area contributed by atoms with Crippen LogP contribution in [0.5, 0.6) is 0 Å². The van der Waals surface area contributed by atoms with Gasteiger partial charge >= 0.3 is 0 Å². The number of nitrogens with one attached hydrogen (secondary N) is 1. The Balaban J connectivity index is 1.14. The number of carbonyl (C=O) groups is 2. The van der Waals surface area contributed by atoms with Gasteiger partial charge in [0.05, 0.1) is 0 Å². The van der Waals surface area contributed by atoms with Gasteiger partial charge in [0.2, 0.25) is 17.6 Å². The molecular formula is C25H27N5O3. The number of aromatic nitrogens is 2. The summed E-state index contributed by atoms with van der Waals surface area (Å²) in [6.45, 7) is 4.43. The van der Waals surface area contributed by atoms with Crippen LogP contribution in [0.15, 0.2) is 59.1 Å². The van der Waals surface area contributed by atoms with Gasteiger partial charge in [-0.05, 0) is 56.2 Å². The van der Waals surface area contributed by atoms with Gasteiger partial charge < -0.3 is 19.6 Å². The third-order valence-corrected chi connectivity index (χ3v) is 6.20. The fraction of sp³-hybridized carbons (Fsp3) is 0.360. The van der Waals surface area contributed by atoms with E-state index in [1.54, 1.807) is 31.2 Å². The van der Waals surface area contributed by atoms with Gasteiger partial charge in [-0.15, -0.1) is 0 Å². The second kappa shape index (κ2) is 9.05. The number of carbonyl (C=O) groups excluding carboxylic acids is 2. The van der Waals surface area contributed by atoms with Gasteiger partial charge in [-0.2, -0.15) is 4.98 Å². The highest BCUT2D eigenvalue weighted by Crippen LogP contribution is 2.39. The molecule has 1 N–H and O–H groups in total. The molecule has 8 nitrogen and oxygen atoms in total. The predicted octanol–water partition coefficient (Wildman–Crippen LogP) is 3.08. The highest BCUT2D eigenvalue weighted by Gasteiger charge is 2.30. The van der Waals surface area contributed by atoms with E-state index in [0.29, 0.717) is 30.4 Å². The maximum atomic E-state index is 12.8. The Morgan fingerprint density at radius 2 is 1.70 bits per heavy atom. The van der Waals surface area contributed by atoms with E-state index in [-0.39, 0.29) is 11.8 Å². The SMILES string of the molecule is CC(NC(=O)c1ccccc1)C(=O)N1CCN(c2ccc(-c3noc(C4CC4)n3)cc2)CC1. The number of piperazine rings is 1. The zero-order chi connectivity index (χ0) is 22.8. The monoisotopic (exact) mass is 445 g/mol. The van der Waals surface area contributed by atoms with E-state index in [1.807, 2.05) is 23.1 Å². The molecule has 1 aliphatic heterocycles. The highest BCUT2D eigenvalue weighted by molar-refractivity contribution is 5.97. The molecule has 8 heteroatoms. The summed E-state index contributed by atoms with van der Waals surface area (Å²) in [6.07, 6.45) is 2.26. The minimum atomic E-state index is -0.570. The van der Waals surface area contributed by atoms with Crippen molar-refractivity contribution in [1.82, 2.24) is 20.4 Å². The molecule has 1 aliphatic carbocycles. The summed E-state index contributed by atoms with van der Waals surface area (Å²) < 4.78 is 5.36. The van der Waals surface area contributed by atoms with Crippen LogP contribution in [0.3, 0.4) is 0 Å². The lowest BCUT2D eigenvalue weighted by Crippen LogP contribution is -2.54. The van der Waals surface area contributed by atoms with E-state index < -0.39 is 6.04 Å². The molecule has 1 saturated heterocycles. The van der Waals surface area contributed by atoms with Crippen molar-refractivity contribution < 1.29 is 14.1 Å². The first-order valence-electron chi connectivity index (χ1n) is 11.4. The average molecular weight is 446 g/mol. The molecule has 5 rings (SSSR count). The summed E-state index contributed by atoms with van der Waals surface area (Å²) >= 11 is 0. The van der Waals surface area contributed by atoms with Crippen LogP contribution < -0.4 is 10.2 Å². The van der Waals surface area contributed by atoms with E-state index >= 15 is 0 Å². The molecule has 0 radical (unpaired) electrons. The van der Waals surface area contributed by atoms with Gasteiger partial charge in [0.1, 0.15) is 6.04 Å². The molecule has 1 unspecified atom stereocenters. The fourth-order valence-electron chi connectivity index (χ4n) is 4.06. The van der Waals surface area contributed by atoms with Gasteiger partial charge in [0, 0.05) is 48.9 Å². The molecule has 0 bridgehead atoms. The molecular weight excluding hydrogens is 418 g/mol. The van der Waals surface area contributed by atoms with Crippen molar-refractivity contribution in [3.05, 3.63) is 66.1 Å². The Morgan fingerprint density at radius 3 is 2.36 bits per heavy atom. The lowest BCUT2D eigenvalue weighted by molar-refractivity contribution is -0.133. The van der Waals surface area contributed by atoms with E-state index in [4.69, 9.17) is 4.52 Å². The number of amides is 2. The zero-order valence-electron chi connectivity index (χ0n) is 18.6. The highest BCUT2D eigenvalue weighted by atomic mass is 16.5. The molecule has 2 amide bonds. The normalized spacial score (nSPS) is 17.0. The molecule has 0 spiro atoms. The van der Waals surface area contributed by atoms with Crippen molar-refractivity contribution in [3.8, 4) is 11.4 Å². The fourth-order valence-corrected chi connectivity index (χ4v) is 4.06. The number of benzene rings is 2. The lowest BCUT2D eigenvalue weighted by atomic mass is 10.1. The average Bonchev–Trinajstić information content (AvgIpc) is 3.60. The Kier molecular flexibility index (Phi) is 5.81. The molecule has 2 fully saturated rings. The summed E-state index contributed by atoms with van der Waals surface area (Å²) in [5.74, 6) is 1.52. The molecule has 2 aliphatic rings. The minimum absolute atomic E-state index is 0.0575. The maximum absolute atomic E-state index is 12.8. The van der Waals surface area contributed by atoms with Gasteiger partial charge in [-0.25, -0.2) is 0 Å². The van der Waals surface area contributed by atoms with Gasteiger partial charge in [0.15, 0.2) is 0 Å². The van der Waals surface area contributed by atoms with Crippen LogP contribution >= 0.6 is 0 Å². The third kappa shape index (κ3) is 4.74. The van der Waals surface area contributed by atoms with Crippen LogP contribution in [-0.2, 0) is 4.79 Å². The van der Waals surface area contributed by atoms with E-state index in [2.05, 4.69) is 32.5 Å². The second-order valence-electron chi connectivity index (χ2n) is 8.65. The smallest absolute Gasteiger partial charge is 0.251 e. The summed E-state index contributed by atoms with van der Waals surface area (Å²) in [4.78, 5) is 33.8. The quantitative estimate of drug-likeness (QED) is 0.627. The maximum Gasteiger partial charge on any atom is 0.251 e. The first kappa shape index (κ1) is 21.2. The van der Waals surface area contributed by atoms with Crippen molar-refractivity contribution in [3.63, 3.8) is 0 Å². The third-order valence-electron chi connectivity index (χ3n) is 6.20. The standard InChI is InChI=1S/C25H27N5O3/c1-17(26-23(31)19-5-3-2-4-6-19)25(32)30-15-13-29(14-16-30)21-11-9-18(10-12-21)22-27-24(33-28-22)20-7-8-20/h2-6,9-12,17,20H,7-8,13-16H2,1H3,(H,26,31). The van der Waals surface area contributed by atoms with Crippen molar-refractivity contribution in [2.75, 3.05) is 31.1 Å². The molecule has 170 valence electrons. The Morgan fingerprint density at radius 1 is 1.00 bits per heavy atom. The second-order valence-corrected chi connectivity index (χ2v) is 8.65. The van der Waals surface area contributed by atoms with Gasteiger partial charge in [-0.3, -0.25) is 9.59 Å². The van der Waals surface area contributed by atoms with Crippen molar-refractivity contribution in [2.45, 2.75) is 31.7 Å². The van der Waals surface area contributed by atoms with E-state index in [0.717, 1.165) is 43.1 Å². The van der Waals surface area contributed by atoms with Gasteiger partial charge in [0.25, 0.3) is 5.91 Å². The largest absolute Gasteiger partial charge is 0.368 e. The number of hydrogen-bond donors (Lipinski definition) is 1. The number of hydrogen-bond acceptors (Lipinski definition) is 6. The first-order valence-corrected chi connectivity index (χ1v) is 11.4. The van der Waals surface area contributed by atoms with Crippen LogP contribution in [0.2, 0.25) is 0 Å². The lowest BCUT2D eigenvalue weighted by Gasteiger charge is -2.37. The summed E-state index contributed by atoms with van der Waals surface area (Å²) in [6, 6.07) is 16.5. The van der Waals surface area contributed by atoms with E-state index in [1.165, 1.54) is 0 Å². The van der Waals surface area contributed by atoms with E-state index in [9.17, 15) is 9.59 Å². The summed E-state index contributed by atoms with van der Waals surface area (Å²) in [5, 5.41) is 6.91. The molecule has 2 aromatic carbocycles. The topological polar surface area (TPSA) is 91.6 Å². The number of rotatable bonds is 6. The Bertz CT molecular complexity index is 1120. The summed E-state index contributed by atoms with van der Waals surface area (Å²) in [7, 11) is 0. The minimum Gasteiger partial charge on any atom is -0.368 e. The molecule has 1 atom stereocenters. The van der Waals surface area contributed by atoms with Gasteiger partial charge in [-0.1, -0.05) is 23.4 Å². The summed E-state index contributed by atoms with van der Waals surface area (Å²) in [5.41, 5.74) is 2.59. The van der Waals surface area contributed by atoms with Crippen molar-refractivity contribution in [1.29, 1.82) is 0 Å². The van der Waals surface area contributed by atoms with Crippen LogP contribution in [0.1, 0.15) is 41.9 Å². The zero-order valence-corrected chi connectivity index (χ0v) is 18.6. The molecule has 2 heterocycles. The predicted molar refractivity (Wildman–Crippen MR) is 124 cm³/mol. The van der Waals surface area contributed by atoms with Crippen LogP contribution in [-0.4, -0.2) is 59.1 Å². The molecule has 1 aromatic heterocycles. The van der Waals surface area contributed by atoms with Crippen molar-refractivity contribution in [2.24, 2.45) is 0 Å². The first-order chi connectivity index (χ1) is 16.1. The van der Waals surface area contributed by atoms with Crippen molar-refractivity contribution >= 4 is 17.5 Å². The number of nitrogens with zero attached hydrogens (tertiary/aromatic N) is 4. The molecule has 33 heavy (non-hydrogen) atoms. The van der Waals surface area contributed by atoms with Crippen LogP contribution in [0.4, 0.5) is 5.69 Å². The molecule has 3 aromatic rings. The van der Waals surface area contributed by atoms with Crippen LogP contribution in [0.25, 0.3) is 11.4 Å². The Labute approximate surface area is 192 Å².